The molecule has 7 heteroatoms. The Balaban J connectivity index is 2.49. The third-order valence-corrected chi connectivity index (χ3v) is 4.20. The van der Waals surface area contributed by atoms with Crippen molar-refractivity contribution in [2.45, 2.75) is 25.9 Å². The van der Waals surface area contributed by atoms with Crippen LogP contribution in [0.4, 0.5) is 22.7 Å². The van der Waals surface area contributed by atoms with E-state index < -0.39 is 23.5 Å². The van der Waals surface area contributed by atoms with Gasteiger partial charge in [-0.3, -0.25) is 0 Å². The van der Waals surface area contributed by atoms with Crippen molar-refractivity contribution in [3.05, 3.63) is 45.7 Å². The summed E-state index contributed by atoms with van der Waals surface area (Å²) in [6.45, 7) is 3.34. The van der Waals surface area contributed by atoms with E-state index in [9.17, 15) is 17.6 Å². The second-order valence-corrected chi connectivity index (χ2v) is 5.52. The van der Waals surface area contributed by atoms with E-state index in [1.54, 1.807) is 13.8 Å². The molecule has 108 valence electrons. The molecule has 0 fully saturated rings. The Morgan fingerprint density at radius 3 is 2.45 bits per heavy atom. The van der Waals surface area contributed by atoms with E-state index in [1.807, 2.05) is 0 Å². The number of nitrogen functional groups attached to an aromatic ring is 1. The summed E-state index contributed by atoms with van der Waals surface area (Å²) in [5, 5.41) is 0.316. The molecule has 2 rings (SSSR count). The SMILES string of the molecule is Cc1nc(N)sc1C(C)c1cc(C(F)(F)F)ccc1F. The molecule has 0 saturated heterocycles. The molecule has 1 aromatic carbocycles. The average molecular weight is 304 g/mol. The minimum atomic E-state index is -4.50. The van der Waals surface area contributed by atoms with Gasteiger partial charge in [-0.05, 0) is 30.7 Å². The average Bonchev–Trinajstić information content (AvgIpc) is 2.66. The topological polar surface area (TPSA) is 38.9 Å². The standard InChI is InChI=1S/C13H12F4N2S/c1-6(11-7(2)19-12(18)20-11)9-5-8(13(15,16)17)3-4-10(9)14/h3-6H,1-2H3,(H2,18,19). The summed E-state index contributed by atoms with van der Waals surface area (Å²) in [4.78, 5) is 4.68. The molecule has 2 N–H and O–H groups in total. The molecule has 2 aromatic rings. The van der Waals surface area contributed by atoms with Crippen molar-refractivity contribution in [3.63, 3.8) is 0 Å². The smallest absolute Gasteiger partial charge is 0.375 e. The summed E-state index contributed by atoms with van der Waals surface area (Å²) < 4.78 is 51.9. The monoisotopic (exact) mass is 304 g/mol. The molecular weight excluding hydrogens is 292 g/mol. The first kappa shape index (κ1) is 14.8. The van der Waals surface area contributed by atoms with Crippen LogP contribution in [0.1, 0.15) is 34.5 Å². The fraction of sp³-hybridized carbons (Fsp3) is 0.308. The van der Waals surface area contributed by atoms with Gasteiger partial charge in [-0.2, -0.15) is 13.2 Å². The van der Waals surface area contributed by atoms with Crippen LogP contribution in [0, 0.1) is 12.7 Å². The Kier molecular flexibility index (Phi) is 3.73. The molecule has 0 aliphatic carbocycles. The number of aromatic nitrogens is 1. The van der Waals surface area contributed by atoms with Gasteiger partial charge >= 0.3 is 6.18 Å². The lowest BCUT2D eigenvalue weighted by Crippen LogP contribution is -2.08. The first-order valence-electron chi connectivity index (χ1n) is 5.79. The maximum absolute atomic E-state index is 13.8. The number of aryl methyl sites for hydroxylation is 1. The predicted octanol–water partition coefficient (Wildman–Crippen LogP) is 4.34. The van der Waals surface area contributed by atoms with E-state index in [4.69, 9.17) is 5.73 Å². The van der Waals surface area contributed by atoms with E-state index in [0.29, 0.717) is 15.7 Å². The van der Waals surface area contributed by atoms with Crippen LogP contribution in [0.3, 0.4) is 0 Å². The number of nitrogens with two attached hydrogens (primary N) is 1. The van der Waals surface area contributed by atoms with Crippen molar-refractivity contribution in [1.82, 2.24) is 4.98 Å². The van der Waals surface area contributed by atoms with Gasteiger partial charge in [0.25, 0.3) is 0 Å². The van der Waals surface area contributed by atoms with E-state index in [1.165, 1.54) is 0 Å². The second-order valence-electron chi connectivity index (χ2n) is 4.46. The van der Waals surface area contributed by atoms with Gasteiger partial charge in [0.05, 0.1) is 11.3 Å². The van der Waals surface area contributed by atoms with Gasteiger partial charge in [-0.1, -0.05) is 6.92 Å². The van der Waals surface area contributed by atoms with Gasteiger partial charge in [0.15, 0.2) is 5.13 Å². The number of rotatable bonds is 2. The summed E-state index contributed by atoms with van der Waals surface area (Å²) in [5.74, 6) is -1.20. The van der Waals surface area contributed by atoms with Crippen molar-refractivity contribution >= 4 is 16.5 Å². The number of halogens is 4. The van der Waals surface area contributed by atoms with Crippen LogP contribution in [0.5, 0.6) is 0 Å². The van der Waals surface area contributed by atoms with Crippen molar-refractivity contribution < 1.29 is 17.6 Å². The van der Waals surface area contributed by atoms with Crippen LogP contribution in [0.15, 0.2) is 18.2 Å². The first-order valence-corrected chi connectivity index (χ1v) is 6.61. The molecule has 1 aromatic heterocycles. The van der Waals surface area contributed by atoms with Crippen molar-refractivity contribution in [2.24, 2.45) is 0 Å². The predicted molar refractivity (Wildman–Crippen MR) is 70.2 cm³/mol. The van der Waals surface area contributed by atoms with E-state index >= 15 is 0 Å². The number of benzene rings is 1. The van der Waals surface area contributed by atoms with Gasteiger partial charge in [0.2, 0.25) is 0 Å². The number of alkyl halides is 3. The molecule has 0 radical (unpaired) electrons. The molecule has 0 bridgehead atoms. The van der Waals surface area contributed by atoms with E-state index in [2.05, 4.69) is 4.98 Å². The summed E-state index contributed by atoms with van der Waals surface area (Å²) in [7, 11) is 0. The van der Waals surface area contributed by atoms with E-state index in [-0.39, 0.29) is 5.56 Å². The fourth-order valence-electron chi connectivity index (χ4n) is 2.02. The van der Waals surface area contributed by atoms with Crippen LogP contribution in [0.2, 0.25) is 0 Å². The number of nitrogens with zero attached hydrogens (tertiary/aromatic N) is 1. The molecule has 1 heterocycles. The van der Waals surface area contributed by atoms with Gasteiger partial charge in [0.1, 0.15) is 5.82 Å². The first-order chi connectivity index (χ1) is 9.20. The fourth-order valence-corrected chi connectivity index (χ4v) is 2.93. The largest absolute Gasteiger partial charge is 0.416 e. The quantitative estimate of drug-likeness (QED) is 0.838. The maximum atomic E-state index is 13.8. The number of hydrogen-bond donors (Lipinski definition) is 1. The van der Waals surface area contributed by atoms with Crippen molar-refractivity contribution in [3.8, 4) is 0 Å². The summed E-state index contributed by atoms with van der Waals surface area (Å²) in [6, 6.07) is 2.42. The molecular formula is C13H12F4N2S. The van der Waals surface area contributed by atoms with Crippen LogP contribution in [0.25, 0.3) is 0 Å². The minimum Gasteiger partial charge on any atom is -0.375 e. The molecule has 20 heavy (non-hydrogen) atoms. The zero-order chi connectivity index (χ0) is 15.1. The normalized spacial score (nSPS) is 13.5. The third kappa shape index (κ3) is 2.77. The Labute approximate surface area is 117 Å². The number of thiazole rings is 1. The molecule has 0 spiro atoms. The van der Waals surface area contributed by atoms with Crippen LogP contribution < -0.4 is 5.73 Å². The highest BCUT2D eigenvalue weighted by molar-refractivity contribution is 7.15. The zero-order valence-electron chi connectivity index (χ0n) is 10.8. The van der Waals surface area contributed by atoms with E-state index in [0.717, 1.165) is 29.5 Å². The van der Waals surface area contributed by atoms with Gasteiger partial charge in [-0.25, -0.2) is 9.37 Å². The number of hydrogen-bond acceptors (Lipinski definition) is 3. The lowest BCUT2D eigenvalue weighted by atomic mass is 9.96. The highest BCUT2D eigenvalue weighted by Crippen LogP contribution is 2.37. The summed E-state index contributed by atoms with van der Waals surface area (Å²) >= 11 is 1.16. The Hall–Kier alpha value is -1.63. The Bertz CT molecular complexity index is 634. The molecule has 1 unspecified atom stereocenters. The molecule has 2 nitrogen and oxygen atoms in total. The van der Waals surface area contributed by atoms with Crippen LogP contribution >= 0.6 is 11.3 Å². The van der Waals surface area contributed by atoms with Crippen molar-refractivity contribution in [1.29, 1.82) is 0 Å². The lowest BCUT2D eigenvalue weighted by molar-refractivity contribution is -0.137. The second kappa shape index (κ2) is 5.05. The highest BCUT2D eigenvalue weighted by Gasteiger charge is 2.32. The summed E-state index contributed by atoms with van der Waals surface area (Å²) in [5.41, 5.74) is 5.30. The Morgan fingerprint density at radius 1 is 1.30 bits per heavy atom. The van der Waals surface area contributed by atoms with Gasteiger partial charge in [0, 0.05) is 10.8 Å². The molecule has 0 saturated carbocycles. The van der Waals surface area contributed by atoms with Crippen molar-refractivity contribution in [2.75, 3.05) is 5.73 Å². The Morgan fingerprint density at radius 2 is 1.95 bits per heavy atom. The molecule has 1 atom stereocenters. The molecule has 0 aliphatic rings. The van der Waals surface area contributed by atoms with Gasteiger partial charge < -0.3 is 5.73 Å². The highest BCUT2D eigenvalue weighted by atomic mass is 32.1. The van der Waals surface area contributed by atoms with Crippen LogP contribution in [-0.2, 0) is 6.18 Å². The number of anilines is 1. The zero-order valence-corrected chi connectivity index (χ0v) is 11.6. The lowest BCUT2D eigenvalue weighted by Gasteiger charge is -2.14. The maximum Gasteiger partial charge on any atom is 0.416 e. The molecule has 0 amide bonds. The summed E-state index contributed by atoms with van der Waals surface area (Å²) in [6.07, 6.45) is -4.50. The van der Waals surface area contributed by atoms with Gasteiger partial charge in [-0.15, -0.1) is 11.3 Å². The molecule has 0 aliphatic heterocycles. The van der Waals surface area contributed by atoms with Crippen LogP contribution in [-0.4, -0.2) is 4.98 Å². The minimum absolute atomic E-state index is 0.00780. The third-order valence-electron chi connectivity index (χ3n) is 3.03.